The minimum atomic E-state index is 0. The van der Waals surface area contributed by atoms with Gasteiger partial charge in [0.25, 0.3) is 0 Å². The fourth-order valence-corrected chi connectivity index (χ4v) is 6.10. The van der Waals surface area contributed by atoms with Crippen molar-refractivity contribution < 1.29 is 24.5 Å². The van der Waals surface area contributed by atoms with Crippen molar-refractivity contribution in [3.63, 3.8) is 0 Å². The Morgan fingerprint density at radius 3 is 1.92 bits per heavy atom. The van der Waals surface area contributed by atoms with Crippen molar-refractivity contribution in [2.45, 2.75) is 0 Å². The molecule has 49 heavy (non-hydrogen) atoms. The van der Waals surface area contributed by atoms with Gasteiger partial charge in [0.2, 0.25) is 0 Å². The molecule has 9 aromatic rings. The van der Waals surface area contributed by atoms with E-state index in [1.807, 2.05) is 91.3 Å². The number of aromatic nitrogens is 3. The van der Waals surface area contributed by atoms with Gasteiger partial charge in [0.05, 0.1) is 17.1 Å². The first-order chi connectivity index (χ1) is 23.8. The second-order valence-electron chi connectivity index (χ2n) is 11.2. The summed E-state index contributed by atoms with van der Waals surface area (Å²) in [4.78, 5) is 9.04. The first kappa shape index (κ1) is 31.7. The Balaban J connectivity index is 0.000000246. The molecule has 1 radical (unpaired) electrons. The van der Waals surface area contributed by atoms with Crippen LogP contribution >= 0.6 is 0 Å². The van der Waals surface area contributed by atoms with Gasteiger partial charge in [-0.05, 0) is 29.0 Å². The summed E-state index contributed by atoms with van der Waals surface area (Å²) in [5.74, 6) is 0.792. The number of benzene rings is 6. The molecule has 3 heterocycles. The predicted octanol–water partition coefficient (Wildman–Crippen LogP) is 11.1. The van der Waals surface area contributed by atoms with Crippen molar-refractivity contribution in [2.75, 3.05) is 0 Å². The van der Waals surface area contributed by atoms with E-state index in [0.29, 0.717) is 0 Å². The third kappa shape index (κ3) is 6.38. The van der Waals surface area contributed by atoms with Crippen LogP contribution in [0.2, 0.25) is 0 Å². The molecule has 0 amide bonds. The first-order valence-electron chi connectivity index (χ1n) is 15.8. The standard InChI is InChI=1S/C33H21N2O.C11H8N.Ir/c1-3-11-23(12-4-1)25-16-9-17-26(24-13-5-2-6-14-24)31(25)35-22-21-34-33(35)29-19-10-18-28-27-15-7-8-20-30(27)36-32(28)29;1-2-6-10(7-3-1)11-8-4-5-9-12-11;/h1-18,20-22H;1-6,8-9H;/q2*-1;. The van der Waals surface area contributed by atoms with E-state index in [4.69, 9.17) is 9.40 Å². The van der Waals surface area contributed by atoms with Crippen molar-refractivity contribution in [3.8, 4) is 50.6 Å². The summed E-state index contributed by atoms with van der Waals surface area (Å²) in [5, 5.41) is 2.16. The number of hydrogen-bond donors (Lipinski definition) is 0. The Labute approximate surface area is 298 Å². The summed E-state index contributed by atoms with van der Waals surface area (Å²) in [6, 6.07) is 59.9. The average molecular weight is 808 g/mol. The van der Waals surface area contributed by atoms with E-state index < -0.39 is 0 Å². The van der Waals surface area contributed by atoms with Crippen molar-refractivity contribution in [2.24, 2.45) is 0 Å². The molecule has 237 valence electrons. The van der Waals surface area contributed by atoms with Gasteiger partial charge in [0, 0.05) is 55.2 Å². The van der Waals surface area contributed by atoms with Crippen LogP contribution in [0, 0.1) is 12.1 Å². The minimum Gasteiger partial charge on any atom is -0.501 e. The molecular formula is C44H29IrN3O-2. The smallest absolute Gasteiger partial charge is 0.120 e. The van der Waals surface area contributed by atoms with Crippen LogP contribution in [0.3, 0.4) is 0 Å². The largest absolute Gasteiger partial charge is 0.501 e. The molecule has 0 unspecified atom stereocenters. The number of fused-ring (bicyclic) bond motifs is 3. The van der Waals surface area contributed by atoms with Crippen molar-refractivity contribution in [3.05, 3.63) is 188 Å². The third-order valence-corrected chi connectivity index (χ3v) is 8.30. The summed E-state index contributed by atoms with van der Waals surface area (Å²) in [5.41, 5.74) is 10.1. The van der Waals surface area contributed by atoms with Crippen molar-refractivity contribution >= 4 is 21.9 Å². The summed E-state index contributed by atoms with van der Waals surface area (Å²) < 4.78 is 8.51. The van der Waals surface area contributed by atoms with Crippen LogP contribution in [0.1, 0.15) is 0 Å². The molecular weight excluding hydrogens is 779 g/mol. The fourth-order valence-electron chi connectivity index (χ4n) is 6.10. The van der Waals surface area contributed by atoms with Crippen LogP contribution in [-0.4, -0.2) is 14.5 Å². The zero-order valence-electron chi connectivity index (χ0n) is 26.3. The minimum absolute atomic E-state index is 0. The maximum absolute atomic E-state index is 6.34. The molecule has 5 heteroatoms. The average Bonchev–Trinajstić information content (AvgIpc) is 3.82. The Kier molecular flexibility index (Phi) is 9.38. The number of rotatable bonds is 5. The van der Waals surface area contributed by atoms with Gasteiger partial charge in [-0.15, -0.1) is 54.1 Å². The zero-order chi connectivity index (χ0) is 32.1. The summed E-state index contributed by atoms with van der Waals surface area (Å²) in [7, 11) is 0. The number of pyridine rings is 1. The summed E-state index contributed by atoms with van der Waals surface area (Å²) in [6.07, 6.45) is 5.66. The van der Waals surface area contributed by atoms with Gasteiger partial charge in [0.1, 0.15) is 5.58 Å². The molecule has 0 fully saturated rings. The van der Waals surface area contributed by atoms with Gasteiger partial charge in [-0.2, -0.15) is 0 Å². The molecule has 0 aliphatic carbocycles. The van der Waals surface area contributed by atoms with E-state index in [9.17, 15) is 0 Å². The van der Waals surface area contributed by atoms with Gasteiger partial charge in [0.15, 0.2) is 0 Å². The van der Waals surface area contributed by atoms with Crippen LogP contribution in [0.4, 0.5) is 0 Å². The summed E-state index contributed by atoms with van der Waals surface area (Å²) >= 11 is 0. The Morgan fingerprint density at radius 1 is 0.531 bits per heavy atom. The molecule has 0 saturated heterocycles. The number of imidazole rings is 1. The Hall–Kier alpha value is -5.87. The molecule has 6 aromatic carbocycles. The Bertz CT molecular complexity index is 2340. The van der Waals surface area contributed by atoms with E-state index in [-0.39, 0.29) is 20.1 Å². The van der Waals surface area contributed by atoms with E-state index >= 15 is 0 Å². The van der Waals surface area contributed by atoms with E-state index in [0.717, 1.165) is 72.5 Å². The number of para-hydroxylation sites is 2. The molecule has 0 atom stereocenters. The molecule has 0 aliphatic rings. The molecule has 0 N–H and O–H groups in total. The van der Waals surface area contributed by atoms with E-state index in [1.165, 1.54) is 0 Å². The first-order valence-corrected chi connectivity index (χ1v) is 15.8. The monoisotopic (exact) mass is 808 g/mol. The van der Waals surface area contributed by atoms with Gasteiger partial charge in [-0.3, -0.25) is 4.98 Å². The SMILES string of the molecule is [Ir].[c-]1ccc2c(oc3ccccc32)c1-c1nccn1-c1c(-c2ccccc2)cccc1-c1ccccc1.[c-]1ccccc1-c1ccccn1. The molecule has 9 rings (SSSR count). The molecule has 0 saturated carbocycles. The molecule has 0 spiro atoms. The molecule has 0 bridgehead atoms. The molecule has 4 nitrogen and oxygen atoms in total. The zero-order valence-corrected chi connectivity index (χ0v) is 28.7. The van der Waals surface area contributed by atoms with Gasteiger partial charge >= 0.3 is 0 Å². The fraction of sp³-hybridized carbons (Fsp3) is 0. The number of hydrogen-bond acceptors (Lipinski definition) is 3. The molecule has 3 aromatic heterocycles. The van der Waals surface area contributed by atoms with Crippen LogP contribution in [0.15, 0.2) is 181 Å². The quantitative estimate of drug-likeness (QED) is 0.163. The maximum atomic E-state index is 6.34. The van der Waals surface area contributed by atoms with Crippen LogP contribution in [0.25, 0.3) is 72.5 Å². The van der Waals surface area contributed by atoms with Crippen molar-refractivity contribution in [1.29, 1.82) is 0 Å². The second kappa shape index (κ2) is 14.5. The number of nitrogens with zero attached hydrogens (tertiary/aromatic N) is 3. The normalized spacial score (nSPS) is 10.7. The maximum Gasteiger partial charge on any atom is 0.120 e. The van der Waals surface area contributed by atoms with Crippen LogP contribution in [-0.2, 0) is 20.1 Å². The van der Waals surface area contributed by atoms with Gasteiger partial charge in [-0.25, -0.2) is 0 Å². The van der Waals surface area contributed by atoms with E-state index in [1.54, 1.807) is 6.20 Å². The van der Waals surface area contributed by atoms with Crippen molar-refractivity contribution in [1.82, 2.24) is 14.5 Å². The van der Waals surface area contributed by atoms with Crippen LogP contribution < -0.4 is 0 Å². The summed E-state index contributed by atoms with van der Waals surface area (Å²) in [6.45, 7) is 0. The third-order valence-electron chi connectivity index (χ3n) is 8.30. The predicted molar refractivity (Wildman–Crippen MR) is 194 cm³/mol. The van der Waals surface area contributed by atoms with Crippen LogP contribution in [0.5, 0.6) is 0 Å². The molecule has 0 aliphatic heterocycles. The number of furan rings is 1. The topological polar surface area (TPSA) is 43.9 Å². The van der Waals surface area contributed by atoms with E-state index in [2.05, 4.69) is 101 Å². The Morgan fingerprint density at radius 2 is 1.22 bits per heavy atom. The second-order valence-corrected chi connectivity index (χ2v) is 11.2. The van der Waals surface area contributed by atoms with Gasteiger partial charge < -0.3 is 14.0 Å². The van der Waals surface area contributed by atoms with Gasteiger partial charge in [-0.1, -0.05) is 120 Å².